The van der Waals surface area contributed by atoms with Crippen molar-refractivity contribution in [3.05, 3.63) is 0 Å². The molecule has 0 aromatic rings. The molecule has 0 amide bonds. The Morgan fingerprint density at radius 3 is 1.42 bits per heavy atom. The predicted octanol–water partition coefficient (Wildman–Crippen LogP) is -2.12. The van der Waals surface area contributed by atoms with Crippen molar-refractivity contribution in [3.63, 3.8) is 0 Å². The van der Waals surface area contributed by atoms with Crippen LogP contribution in [0.25, 0.3) is 0 Å². The van der Waals surface area contributed by atoms with Crippen LogP contribution in [0.15, 0.2) is 0 Å². The van der Waals surface area contributed by atoms with Gasteiger partial charge in [-0.05, 0) is 0 Å². The van der Waals surface area contributed by atoms with Gasteiger partial charge < -0.3 is 10.2 Å². The molecule has 0 saturated carbocycles. The predicted molar refractivity (Wildman–Crippen MR) is 98.2 cm³/mol. The Kier molecular flexibility index (Phi) is 12.9. The Bertz CT molecular complexity index is 481. The molecule has 0 aliphatic carbocycles. The third-order valence-corrected chi connectivity index (χ3v) is 8.18. The average molecular weight is 427 g/mol. The smallest absolute Gasteiger partial charge is 0.279 e. The maximum Gasteiger partial charge on any atom is 0.279 e. The van der Waals surface area contributed by atoms with Crippen LogP contribution in [0, 0.1) is 0 Å². The van der Waals surface area contributed by atoms with Crippen molar-refractivity contribution >= 4 is 42.0 Å². The molecule has 0 heterocycles. The molecule has 24 heavy (non-hydrogen) atoms. The van der Waals surface area contributed by atoms with Gasteiger partial charge in [0.1, 0.15) is 0 Å². The van der Waals surface area contributed by atoms with Crippen molar-refractivity contribution < 1.29 is 27.0 Å². The first kappa shape index (κ1) is 24.4. The highest BCUT2D eigenvalue weighted by molar-refractivity contribution is 8.76. The molecular weight excluding hydrogens is 400 g/mol. The van der Waals surface area contributed by atoms with E-state index in [1.54, 1.807) is 0 Å². The van der Waals surface area contributed by atoms with Crippen LogP contribution in [0.5, 0.6) is 0 Å². The summed E-state index contributed by atoms with van der Waals surface area (Å²) in [5, 5.41) is 17.2. The molecule has 0 aliphatic rings. The summed E-state index contributed by atoms with van der Waals surface area (Å²) in [5.41, 5.74) is 0. The monoisotopic (exact) mass is 426 g/mol. The Labute approximate surface area is 152 Å². The average Bonchev–Trinajstić information content (AvgIpc) is 2.53. The van der Waals surface area contributed by atoms with Gasteiger partial charge in [0.25, 0.3) is 20.4 Å². The third kappa shape index (κ3) is 10.4. The fourth-order valence-electron chi connectivity index (χ4n) is 1.26. The zero-order valence-electron chi connectivity index (χ0n) is 13.7. The van der Waals surface area contributed by atoms with Gasteiger partial charge in [-0.15, -0.1) is 0 Å². The van der Waals surface area contributed by atoms with Crippen LogP contribution in [0.4, 0.5) is 0 Å². The van der Waals surface area contributed by atoms with Crippen molar-refractivity contribution in [3.8, 4) is 0 Å². The van der Waals surface area contributed by atoms with E-state index in [0.717, 1.165) is 8.61 Å². The highest BCUT2D eigenvalue weighted by atomic mass is 33.1. The molecule has 14 heteroatoms. The highest BCUT2D eigenvalue weighted by Crippen LogP contribution is 2.21. The first-order valence-electron chi connectivity index (χ1n) is 7.05. The van der Waals surface area contributed by atoms with Gasteiger partial charge in [0.05, 0.1) is 13.2 Å². The van der Waals surface area contributed by atoms with E-state index in [2.05, 4.69) is 9.44 Å². The molecule has 0 spiro atoms. The van der Waals surface area contributed by atoms with Crippen molar-refractivity contribution in [2.75, 3.05) is 65.0 Å². The molecule has 0 aromatic carbocycles. The molecule has 0 atom stereocenters. The van der Waals surface area contributed by atoms with E-state index in [0.29, 0.717) is 24.6 Å². The maximum absolute atomic E-state index is 11.7. The fraction of sp³-hybridized carbons (Fsp3) is 1.00. The largest absolute Gasteiger partial charge is 0.395 e. The number of hydrogen-bond donors (Lipinski definition) is 4. The van der Waals surface area contributed by atoms with Gasteiger partial charge in [0, 0.05) is 51.8 Å². The lowest BCUT2D eigenvalue weighted by Gasteiger charge is -2.18. The number of nitrogens with zero attached hydrogens (tertiary/aromatic N) is 2. The van der Waals surface area contributed by atoms with Gasteiger partial charge in [-0.1, -0.05) is 21.6 Å². The van der Waals surface area contributed by atoms with Crippen LogP contribution in [0.3, 0.4) is 0 Å². The Morgan fingerprint density at radius 2 is 1.12 bits per heavy atom. The van der Waals surface area contributed by atoms with E-state index in [1.165, 1.54) is 35.7 Å². The van der Waals surface area contributed by atoms with Crippen molar-refractivity contribution in [2.45, 2.75) is 0 Å². The summed E-state index contributed by atoms with van der Waals surface area (Å²) in [4.78, 5) is 0. The van der Waals surface area contributed by atoms with Gasteiger partial charge in [-0.2, -0.15) is 34.9 Å². The van der Waals surface area contributed by atoms with Gasteiger partial charge >= 0.3 is 0 Å². The van der Waals surface area contributed by atoms with E-state index >= 15 is 0 Å². The molecule has 0 fully saturated rings. The van der Waals surface area contributed by atoms with E-state index in [9.17, 15) is 16.8 Å². The minimum Gasteiger partial charge on any atom is -0.395 e. The molecule has 10 nitrogen and oxygen atoms in total. The molecule has 0 unspecified atom stereocenters. The van der Waals surface area contributed by atoms with Crippen LogP contribution in [-0.2, 0) is 20.4 Å². The zero-order chi connectivity index (χ0) is 18.6. The van der Waals surface area contributed by atoms with Crippen LogP contribution in [-0.4, -0.2) is 101 Å². The second kappa shape index (κ2) is 12.7. The second-order valence-electron chi connectivity index (χ2n) is 4.53. The molecule has 146 valence electrons. The van der Waals surface area contributed by atoms with E-state index in [1.807, 2.05) is 0 Å². The second-order valence-corrected chi connectivity index (χ2v) is 11.0. The zero-order valence-corrected chi connectivity index (χ0v) is 17.0. The minimum absolute atomic E-state index is 0.0281. The standard InChI is InChI=1S/C10H26N4O6S4/c1-13(23(17,18)11-3-7-15)5-9-21-22-10-6-14(2)24(19,20)12-4-8-16/h11-12,15-16H,3-10H2,1-2H3. The lowest BCUT2D eigenvalue weighted by Crippen LogP contribution is -2.40. The Morgan fingerprint density at radius 1 is 0.792 bits per heavy atom. The van der Waals surface area contributed by atoms with Crippen LogP contribution in [0.1, 0.15) is 0 Å². The summed E-state index contributed by atoms with van der Waals surface area (Å²) in [5.74, 6) is 1.08. The molecule has 0 rings (SSSR count). The van der Waals surface area contributed by atoms with Crippen LogP contribution < -0.4 is 9.44 Å². The number of aliphatic hydroxyl groups is 2. The number of aliphatic hydroxyl groups excluding tert-OH is 2. The fourth-order valence-corrected chi connectivity index (χ4v) is 5.38. The normalized spacial score (nSPS) is 13.1. The molecule has 0 saturated heterocycles. The Hall–Kier alpha value is 0.360. The molecule has 0 aliphatic heterocycles. The topological polar surface area (TPSA) is 139 Å². The summed E-state index contributed by atoms with van der Waals surface area (Å²) in [6.45, 7) is 0.0111. The third-order valence-electron chi connectivity index (χ3n) is 2.68. The Balaban J connectivity index is 3.91. The van der Waals surface area contributed by atoms with E-state index in [4.69, 9.17) is 10.2 Å². The van der Waals surface area contributed by atoms with Crippen LogP contribution >= 0.6 is 21.6 Å². The van der Waals surface area contributed by atoms with Crippen molar-refractivity contribution in [2.24, 2.45) is 0 Å². The van der Waals surface area contributed by atoms with E-state index < -0.39 is 20.4 Å². The molecule has 0 bridgehead atoms. The first-order valence-corrected chi connectivity index (χ1v) is 12.4. The van der Waals surface area contributed by atoms with Gasteiger partial charge in [0.15, 0.2) is 0 Å². The molecule has 0 aromatic heterocycles. The first-order chi connectivity index (χ1) is 11.2. The van der Waals surface area contributed by atoms with E-state index in [-0.39, 0.29) is 26.3 Å². The summed E-state index contributed by atoms with van der Waals surface area (Å²) in [6.07, 6.45) is 0. The molecule has 0 radical (unpaired) electrons. The SMILES string of the molecule is CN(CCSSCCN(C)S(=O)(=O)NCCO)S(=O)(=O)NCCO. The van der Waals surface area contributed by atoms with Crippen molar-refractivity contribution in [1.82, 2.24) is 18.1 Å². The maximum atomic E-state index is 11.7. The minimum atomic E-state index is -3.57. The van der Waals surface area contributed by atoms with Gasteiger partial charge in [-0.3, -0.25) is 0 Å². The number of nitrogens with one attached hydrogen (secondary N) is 2. The molecular formula is C10H26N4O6S4. The summed E-state index contributed by atoms with van der Waals surface area (Å²) >= 11 is 0. The number of rotatable bonds is 15. The van der Waals surface area contributed by atoms with Crippen molar-refractivity contribution in [1.29, 1.82) is 0 Å². The van der Waals surface area contributed by atoms with Crippen LogP contribution in [0.2, 0.25) is 0 Å². The lowest BCUT2D eigenvalue weighted by atomic mass is 10.8. The quantitative estimate of drug-likeness (QED) is 0.172. The van der Waals surface area contributed by atoms with Gasteiger partial charge in [0.2, 0.25) is 0 Å². The summed E-state index contributed by atoms with van der Waals surface area (Å²) in [7, 11) is -1.37. The lowest BCUT2D eigenvalue weighted by molar-refractivity contribution is 0.299. The highest BCUT2D eigenvalue weighted by Gasteiger charge is 2.17. The summed E-state index contributed by atoms with van der Waals surface area (Å²) < 4.78 is 53.5. The number of hydrogen-bond acceptors (Lipinski definition) is 8. The molecule has 4 N–H and O–H groups in total. The van der Waals surface area contributed by atoms with Gasteiger partial charge in [-0.25, -0.2) is 0 Å². The summed E-state index contributed by atoms with van der Waals surface area (Å²) in [6, 6.07) is 0.